The van der Waals surface area contributed by atoms with Crippen LogP contribution in [0.4, 0.5) is 16.2 Å². The van der Waals surface area contributed by atoms with Crippen molar-refractivity contribution < 1.29 is 14.3 Å². The van der Waals surface area contributed by atoms with Crippen LogP contribution in [0.1, 0.15) is 35.5 Å². The van der Waals surface area contributed by atoms with E-state index < -0.39 is 0 Å². The topological polar surface area (TPSA) is 74.8 Å². The summed E-state index contributed by atoms with van der Waals surface area (Å²) in [6, 6.07) is 9.85. The van der Waals surface area contributed by atoms with Crippen molar-refractivity contribution in [3.05, 3.63) is 53.3 Å². The van der Waals surface area contributed by atoms with E-state index in [1.807, 2.05) is 6.07 Å². The summed E-state index contributed by atoms with van der Waals surface area (Å²) in [7, 11) is 0. The molecule has 154 valence electrons. The third-order valence-electron chi connectivity index (χ3n) is 5.08. The van der Waals surface area contributed by atoms with Crippen LogP contribution in [0.25, 0.3) is 0 Å². The fourth-order valence-electron chi connectivity index (χ4n) is 3.41. The quantitative estimate of drug-likeness (QED) is 0.836. The molecule has 1 saturated heterocycles. The number of benzene rings is 1. The molecule has 7 heteroatoms. The molecule has 1 aromatic carbocycles. The second kappa shape index (κ2) is 9.41. The van der Waals surface area contributed by atoms with Crippen molar-refractivity contribution in [2.75, 3.05) is 38.1 Å². The molecule has 1 fully saturated rings. The summed E-state index contributed by atoms with van der Waals surface area (Å²) >= 11 is 0. The zero-order valence-corrected chi connectivity index (χ0v) is 17.3. The number of pyridine rings is 1. The summed E-state index contributed by atoms with van der Waals surface area (Å²) in [5.74, 6) is -0.120. The monoisotopic (exact) mass is 396 g/mol. The van der Waals surface area contributed by atoms with Gasteiger partial charge in [-0.3, -0.25) is 4.79 Å². The van der Waals surface area contributed by atoms with Gasteiger partial charge in [-0.05, 0) is 43.5 Å². The molecule has 1 aliphatic rings. The lowest BCUT2D eigenvalue weighted by atomic mass is 10.1. The predicted octanol–water partition coefficient (Wildman–Crippen LogP) is 3.61. The van der Waals surface area contributed by atoms with E-state index >= 15 is 0 Å². The van der Waals surface area contributed by atoms with Crippen LogP contribution in [-0.4, -0.2) is 59.6 Å². The zero-order valence-electron chi connectivity index (χ0n) is 17.3. The lowest BCUT2D eigenvalue weighted by Crippen LogP contribution is -2.50. The molecule has 1 aliphatic heterocycles. The number of hydrogen-bond acceptors (Lipinski definition) is 5. The molecule has 0 radical (unpaired) electrons. The first-order valence-corrected chi connectivity index (χ1v) is 10.1. The van der Waals surface area contributed by atoms with Crippen molar-refractivity contribution in [1.29, 1.82) is 0 Å². The van der Waals surface area contributed by atoms with Crippen LogP contribution in [0, 0.1) is 6.92 Å². The minimum Gasteiger partial charge on any atom is -0.450 e. The Bertz CT molecular complexity index is 859. The largest absolute Gasteiger partial charge is 0.450 e. The van der Waals surface area contributed by atoms with Gasteiger partial charge in [0.15, 0.2) is 0 Å². The van der Waals surface area contributed by atoms with E-state index in [2.05, 4.69) is 42.3 Å². The van der Waals surface area contributed by atoms with E-state index in [1.54, 1.807) is 29.0 Å². The van der Waals surface area contributed by atoms with Crippen molar-refractivity contribution in [3.8, 4) is 0 Å². The number of nitrogens with one attached hydrogen (secondary N) is 1. The van der Waals surface area contributed by atoms with Gasteiger partial charge in [0.05, 0.1) is 18.5 Å². The number of amides is 2. The Kier molecular flexibility index (Phi) is 6.69. The van der Waals surface area contributed by atoms with E-state index in [4.69, 9.17) is 4.74 Å². The smallest absolute Gasteiger partial charge is 0.409 e. The second-order valence-electron chi connectivity index (χ2n) is 7.00. The van der Waals surface area contributed by atoms with Crippen LogP contribution < -0.4 is 5.32 Å². The lowest BCUT2D eigenvalue weighted by Gasteiger charge is -2.33. The van der Waals surface area contributed by atoms with E-state index in [0.29, 0.717) is 38.5 Å². The molecule has 0 spiro atoms. The Hall–Kier alpha value is -3.09. The van der Waals surface area contributed by atoms with Gasteiger partial charge in [0, 0.05) is 31.9 Å². The van der Waals surface area contributed by atoms with Gasteiger partial charge in [-0.15, -0.1) is 0 Å². The molecule has 1 N–H and O–H groups in total. The molecule has 3 rings (SSSR count). The standard InChI is InChI=1S/C22H28N4O3/c1-4-17-8-6-7-16(3)20(17)24-18-9-10-19(23-15-18)21(27)25-11-13-26(14-12-25)22(28)29-5-2/h6-10,15,24H,4-5,11-14H2,1-3H3. The minimum atomic E-state index is -0.323. The van der Waals surface area contributed by atoms with Gasteiger partial charge < -0.3 is 19.9 Å². The SMILES string of the molecule is CCOC(=O)N1CCN(C(=O)c2ccc(Nc3c(C)cccc3CC)cn2)CC1. The third kappa shape index (κ3) is 4.85. The molecule has 0 aliphatic carbocycles. The molecule has 29 heavy (non-hydrogen) atoms. The molecular formula is C22H28N4O3. The van der Waals surface area contributed by atoms with Crippen LogP contribution >= 0.6 is 0 Å². The number of rotatable bonds is 5. The summed E-state index contributed by atoms with van der Waals surface area (Å²) in [4.78, 5) is 32.2. The summed E-state index contributed by atoms with van der Waals surface area (Å²) in [5.41, 5.74) is 4.75. The molecule has 1 aromatic heterocycles. The number of carbonyl (C=O) groups is 2. The number of carbonyl (C=O) groups excluding carboxylic acids is 2. The minimum absolute atomic E-state index is 0.120. The normalized spacial score (nSPS) is 13.9. The first kappa shape index (κ1) is 20.6. The number of aryl methyl sites for hydroxylation is 2. The van der Waals surface area contributed by atoms with Crippen molar-refractivity contribution in [3.63, 3.8) is 0 Å². The Morgan fingerprint density at radius 3 is 2.41 bits per heavy atom. The van der Waals surface area contributed by atoms with Gasteiger partial charge in [0.25, 0.3) is 5.91 Å². The van der Waals surface area contributed by atoms with Gasteiger partial charge in [-0.2, -0.15) is 0 Å². The Balaban J connectivity index is 1.62. The van der Waals surface area contributed by atoms with Crippen molar-refractivity contribution in [1.82, 2.24) is 14.8 Å². The van der Waals surface area contributed by atoms with Gasteiger partial charge in [-0.1, -0.05) is 25.1 Å². The maximum absolute atomic E-state index is 12.7. The predicted molar refractivity (Wildman–Crippen MR) is 113 cm³/mol. The number of piperazine rings is 1. The van der Waals surface area contributed by atoms with E-state index in [-0.39, 0.29) is 12.0 Å². The summed E-state index contributed by atoms with van der Waals surface area (Å²) in [5, 5.41) is 3.42. The first-order valence-electron chi connectivity index (χ1n) is 10.1. The second-order valence-corrected chi connectivity index (χ2v) is 7.00. The molecule has 0 atom stereocenters. The number of para-hydroxylation sites is 1. The van der Waals surface area contributed by atoms with Crippen molar-refractivity contribution in [2.45, 2.75) is 27.2 Å². The average molecular weight is 396 g/mol. The molecule has 0 saturated carbocycles. The molecular weight excluding hydrogens is 368 g/mol. The highest BCUT2D eigenvalue weighted by atomic mass is 16.6. The Labute approximate surface area is 171 Å². The Morgan fingerprint density at radius 2 is 1.79 bits per heavy atom. The average Bonchev–Trinajstić information content (AvgIpc) is 2.75. The molecule has 2 aromatic rings. The van der Waals surface area contributed by atoms with Crippen molar-refractivity contribution >= 4 is 23.4 Å². The molecule has 7 nitrogen and oxygen atoms in total. The maximum atomic E-state index is 12.7. The number of anilines is 2. The molecule has 0 unspecified atom stereocenters. The maximum Gasteiger partial charge on any atom is 0.409 e. The highest BCUT2D eigenvalue weighted by Crippen LogP contribution is 2.25. The Morgan fingerprint density at radius 1 is 1.07 bits per heavy atom. The van der Waals surface area contributed by atoms with E-state index in [0.717, 1.165) is 17.8 Å². The van der Waals surface area contributed by atoms with Crippen LogP contribution in [0.2, 0.25) is 0 Å². The highest BCUT2D eigenvalue weighted by molar-refractivity contribution is 5.92. The summed E-state index contributed by atoms with van der Waals surface area (Å²) < 4.78 is 5.01. The van der Waals surface area contributed by atoms with Crippen LogP contribution in [-0.2, 0) is 11.2 Å². The summed E-state index contributed by atoms with van der Waals surface area (Å²) in [6.07, 6.45) is 2.30. The third-order valence-corrected chi connectivity index (χ3v) is 5.08. The fourth-order valence-corrected chi connectivity index (χ4v) is 3.41. The molecule has 0 bridgehead atoms. The van der Waals surface area contributed by atoms with Gasteiger partial charge in [0.2, 0.25) is 0 Å². The molecule has 2 heterocycles. The van der Waals surface area contributed by atoms with Gasteiger partial charge in [-0.25, -0.2) is 9.78 Å². The lowest BCUT2D eigenvalue weighted by molar-refractivity contribution is 0.0566. The number of hydrogen-bond donors (Lipinski definition) is 1. The fraction of sp³-hybridized carbons (Fsp3) is 0.409. The van der Waals surface area contributed by atoms with Crippen molar-refractivity contribution in [2.24, 2.45) is 0 Å². The van der Waals surface area contributed by atoms with Gasteiger partial charge in [0.1, 0.15) is 5.69 Å². The van der Waals surface area contributed by atoms with Gasteiger partial charge >= 0.3 is 6.09 Å². The van der Waals surface area contributed by atoms with Crippen LogP contribution in [0.5, 0.6) is 0 Å². The van der Waals surface area contributed by atoms with Crippen LogP contribution in [0.15, 0.2) is 36.5 Å². The van der Waals surface area contributed by atoms with E-state index in [1.165, 1.54) is 11.1 Å². The highest BCUT2D eigenvalue weighted by Gasteiger charge is 2.26. The zero-order chi connectivity index (χ0) is 20.8. The first-order chi connectivity index (χ1) is 14.0. The summed E-state index contributed by atoms with van der Waals surface area (Å²) in [6.45, 7) is 8.22. The van der Waals surface area contributed by atoms with E-state index in [9.17, 15) is 9.59 Å². The number of ether oxygens (including phenoxy) is 1. The molecule has 2 amide bonds. The number of nitrogens with zero attached hydrogens (tertiary/aromatic N) is 3. The van der Waals surface area contributed by atoms with Crippen LogP contribution in [0.3, 0.4) is 0 Å². The number of aromatic nitrogens is 1.